The van der Waals surface area contributed by atoms with Gasteiger partial charge in [-0.25, -0.2) is 0 Å². The van der Waals surface area contributed by atoms with Crippen LogP contribution >= 0.6 is 11.8 Å². The summed E-state index contributed by atoms with van der Waals surface area (Å²) in [6.07, 6.45) is 7.63. The minimum absolute atomic E-state index is 0.0328. The molecule has 3 N–H and O–H groups in total. The number of nitrogens with one attached hydrogen (secondary N) is 1. The molecule has 2 unspecified atom stereocenters. The molecule has 3 atom stereocenters. The van der Waals surface area contributed by atoms with Crippen LogP contribution in [0.3, 0.4) is 0 Å². The van der Waals surface area contributed by atoms with Crippen molar-refractivity contribution in [3.63, 3.8) is 0 Å². The highest BCUT2D eigenvalue weighted by Crippen LogP contribution is 2.26. The Kier molecular flexibility index (Phi) is 6.34. The van der Waals surface area contributed by atoms with Gasteiger partial charge in [-0.3, -0.25) is 4.79 Å². The summed E-state index contributed by atoms with van der Waals surface area (Å²) in [6.45, 7) is 4.19. The van der Waals surface area contributed by atoms with Crippen LogP contribution in [0, 0.1) is 5.92 Å². The molecule has 1 saturated carbocycles. The van der Waals surface area contributed by atoms with Gasteiger partial charge in [0.25, 0.3) is 0 Å². The van der Waals surface area contributed by atoms with Crippen LogP contribution in [0.1, 0.15) is 46.0 Å². The molecule has 1 rings (SSSR count). The first kappa shape index (κ1) is 14.8. The van der Waals surface area contributed by atoms with Crippen LogP contribution in [0.5, 0.6) is 0 Å². The van der Waals surface area contributed by atoms with Gasteiger partial charge in [-0.15, -0.1) is 0 Å². The van der Waals surface area contributed by atoms with Crippen molar-refractivity contribution < 1.29 is 4.79 Å². The zero-order chi connectivity index (χ0) is 12.8. The second kappa shape index (κ2) is 7.27. The maximum atomic E-state index is 11.9. The van der Waals surface area contributed by atoms with Gasteiger partial charge in [0.2, 0.25) is 5.91 Å². The van der Waals surface area contributed by atoms with E-state index in [0.717, 1.165) is 19.3 Å². The van der Waals surface area contributed by atoms with E-state index in [1.807, 2.05) is 11.8 Å². The quantitative estimate of drug-likeness (QED) is 0.794. The highest BCUT2D eigenvalue weighted by Gasteiger charge is 2.24. The molecular formula is C13H26N2OS. The van der Waals surface area contributed by atoms with Crippen molar-refractivity contribution in [2.45, 2.75) is 63.3 Å². The Morgan fingerprint density at radius 2 is 2.18 bits per heavy atom. The summed E-state index contributed by atoms with van der Waals surface area (Å²) in [5.41, 5.74) is 5.89. The first-order valence-corrected chi connectivity index (χ1v) is 7.90. The zero-order valence-electron chi connectivity index (χ0n) is 11.2. The maximum Gasteiger partial charge on any atom is 0.237 e. The van der Waals surface area contributed by atoms with Crippen molar-refractivity contribution in [2.24, 2.45) is 11.7 Å². The molecule has 0 spiro atoms. The molecule has 0 aromatic rings. The lowest BCUT2D eigenvalue weighted by molar-refractivity contribution is -0.123. The van der Waals surface area contributed by atoms with Gasteiger partial charge in [0.15, 0.2) is 0 Å². The van der Waals surface area contributed by atoms with Gasteiger partial charge in [-0.05, 0) is 37.9 Å². The predicted octanol–water partition coefficient (Wildman–Crippen LogP) is 2.15. The number of thioether (sulfide) groups is 1. The van der Waals surface area contributed by atoms with E-state index in [1.54, 1.807) is 0 Å². The average Bonchev–Trinajstić information content (AvgIpc) is 2.28. The van der Waals surface area contributed by atoms with Crippen LogP contribution in [0.2, 0.25) is 0 Å². The SMILES string of the molecule is CSC1CCCC(NC(=O)[C@H](N)CC(C)C)C1. The number of nitrogens with two attached hydrogens (primary N) is 1. The van der Waals surface area contributed by atoms with Crippen molar-refractivity contribution in [3.05, 3.63) is 0 Å². The summed E-state index contributed by atoms with van der Waals surface area (Å²) < 4.78 is 0. The largest absolute Gasteiger partial charge is 0.352 e. The molecule has 0 radical (unpaired) electrons. The summed E-state index contributed by atoms with van der Waals surface area (Å²) in [4.78, 5) is 11.9. The van der Waals surface area contributed by atoms with E-state index in [4.69, 9.17) is 5.73 Å². The lowest BCUT2D eigenvalue weighted by atomic mass is 9.94. The summed E-state index contributed by atoms with van der Waals surface area (Å²) in [6, 6.07) is -0.00318. The van der Waals surface area contributed by atoms with Gasteiger partial charge in [0.05, 0.1) is 6.04 Å². The Morgan fingerprint density at radius 3 is 2.76 bits per heavy atom. The van der Waals surface area contributed by atoms with Crippen LogP contribution in [0.25, 0.3) is 0 Å². The number of carbonyl (C=O) groups is 1. The summed E-state index contributed by atoms with van der Waals surface area (Å²) in [5, 5.41) is 3.82. The minimum atomic E-state index is -0.343. The first-order valence-electron chi connectivity index (χ1n) is 6.61. The predicted molar refractivity (Wildman–Crippen MR) is 75.1 cm³/mol. The summed E-state index contributed by atoms with van der Waals surface area (Å²) in [5.74, 6) is 0.506. The second-order valence-corrected chi connectivity index (χ2v) is 6.60. The van der Waals surface area contributed by atoms with Crippen molar-refractivity contribution in [1.29, 1.82) is 0 Å². The molecule has 0 aromatic heterocycles. The van der Waals surface area contributed by atoms with E-state index in [0.29, 0.717) is 17.2 Å². The zero-order valence-corrected chi connectivity index (χ0v) is 12.1. The van der Waals surface area contributed by atoms with Crippen LogP contribution in [-0.4, -0.2) is 29.5 Å². The molecule has 1 fully saturated rings. The molecule has 0 aromatic carbocycles. The van der Waals surface area contributed by atoms with Gasteiger partial charge in [0, 0.05) is 11.3 Å². The third-order valence-electron chi connectivity index (χ3n) is 3.37. The Bertz CT molecular complexity index is 246. The fraction of sp³-hybridized carbons (Fsp3) is 0.923. The van der Waals surface area contributed by atoms with E-state index in [2.05, 4.69) is 25.4 Å². The summed E-state index contributed by atoms with van der Waals surface area (Å²) in [7, 11) is 0. The molecular weight excluding hydrogens is 232 g/mol. The fourth-order valence-electron chi connectivity index (χ4n) is 2.41. The molecule has 0 bridgehead atoms. The van der Waals surface area contributed by atoms with Gasteiger partial charge in [0.1, 0.15) is 0 Å². The van der Waals surface area contributed by atoms with Crippen LogP contribution in [0.4, 0.5) is 0 Å². The number of hydrogen-bond acceptors (Lipinski definition) is 3. The van der Waals surface area contributed by atoms with E-state index >= 15 is 0 Å². The van der Waals surface area contributed by atoms with Gasteiger partial charge >= 0.3 is 0 Å². The van der Waals surface area contributed by atoms with E-state index < -0.39 is 0 Å². The molecule has 100 valence electrons. The molecule has 1 aliphatic rings. The fourth-order valence-corrected chi connectivity index (χ4v) is 3.24. The lowest BCUT2D eigenvalue weighted by Gasteiger charge is -2.29. The number of rotatable bonds is 5. The van der Waals surface area contributed by atoms with E-state index in [-0.39, 0.29) is 11.9 Å². The van der Waals surface area contributed by atoms with Crippen molar-refractivity contribution in [3.8, 4) is 0 Å². The second-order valence-electron chi connectivity index (χ2n) is 5.47. The summed E-state index contributed by atoms with van der Waals surface area (Å²) >= 11 is 1.91. The van der Waals surface area contributed by atoms with Crippen molar-refractivity contribution in [1.82, 2.24) is 5.32 Å². The molecule has 0 aliphatic heterocycles. The number of hydrogen-bond donors (Lipinski definition) is 2. The Balaban J connectivity index is 2.34. The van der Waals surface area contributed by atoms with E-state index in [9.17, 15) is 4.79 Å². The molecule has 1 aliphatic carbocycles. The van der Waals surface area contributed by atoms with Crippen LogP contribution in [0.15, 0.2) is 0 Å². The van der Waals surface area contributed by atoms with Crippen LogP contribution in [-0.2, 0) is 4.79 Å². The van der Waals surface area contributed by atoms with E-state index in [1.165, 1.54) is 12.8 Å². The molecule has 0 saturated heterocycles. The standard InChI is InChI=1S/C13H26N2OS/c1-9(2)7-12(14)13(16)15-10-5-4-6-11(8-10)17-3/h9-12H,4-8,14H2,1-3H3,(H,15,16)/t10?,11?,12-/m1/s1. The number of carbonyl (C=O) groups excluding carboxylic acids is 1. The third kappa shape index (κ3) is 5.30. The van der Waals surface area contributed by atoms with Gasteiger partial charge in [-0.1, -0.05) is 20.3 Å². The number of amides is 1. The Labute approximate surface area is 109 Å². The highest BCUT2D eigenvalue weighted by molar-refractivity contribution is 7.99. The Morgan fingerprint density at radius 1 is 1.47 bits per heavy atom. The van der Waals surface area contributed by atoms with Gasteiger partial charge in [-0.2, -0.15) is 11.8 Å². The lowest BCUT2D eigenvalue weighted by Crippen LogP contribution is -2.47. The minimum Gasteiger partial charge on any atom is -0.352 e. The normalized spacial score (nSPS) is 26.9. The molecule has 3 nitrogen and oxygen atoms in total. The van der Waals surface area contributed by atoms with Crippen LogP contribution < -0.4 is 11.1 Å². The molecule has 0 heterocycles. The topological polar surface area (TPSA) is 55.1 Å². The van der Waals surface area contributed by atoms with Gasteiger partial charge < -0.3 is 11.1 Å². The third-order valence-corrected chi connectivity index (χ3v) is 4.46. The molecule has 1 amide bonds. The molecule has 17 heavy (non-hydrogen) atoms. The smallest absolute Gasteiger partial charge is 0.237 e. The highest BCUT2D eigenvalue weighted by atomic mass is 32.2. The monoisotopic (exact) mass is 258 g/mol. The maximum absolute atomic E-state index is 11.9. The van der Waals surface area contributed by atoms with Crippen molar-refractivity contribution in [2.75, 3.05) is 6.26 Å². The average molecular weight is 258 g/mol. The Hall–Kier alpha value is -0.220. The molecule has 4 heteroatoms. The van der Waals surface area contributed by atoms with Crippen molar-refractivity contribution >= 4 is 17.7 Å². The first-order chi connectivity index (χ1) is 8.02.